The Labute approximate surface area is 138 Å². The predicted octanol–water partition coefficient (Wildman–Crippen LogP) is 0.671. The van der Waals surface area contributed by atoms with Gasteiger partial charge >= 0.3 is 0 Å². The number of hydrogen-bond acceptors (Lipinski definition) is 4. The molecule has 23 heavy (non-hydrogen) atoms. The molecule has 1 saturated carbocycles. The zero-order valence-corrected chi connectivity index (χ0v) is 14.8. The van der Waals surface area contributed by atoms with Gasteiger partial charge in [0.2, 0.25) is 11.8 Å². The summed E-state index contributed by atoms with van der Waals surface area (Å²) in [5, 5.41) is 0. The quantitative estimate of drug-likeness (QED) is 0.707. The lowest BCUT2D eigenvalue weighted by Gasteiger charge is -2.35. The zero-order valence-electron chi connectivity index (χ0n) is 14.0. The average Bonchev–Trinajstić information content (AvgIpc) is 3.23. The minimum Gasteiger partial charge on any atom is -0.342 e. The topological polar surface area (TPSA) is 74.8 Å². The summed E-state index contributed by atoms with van der Waals surface area (Å²) in [5.41, 5.74) is -0.905. The molecule has 2 amide bonds. The van der Waals surface area contributed by atoms with Crippen molar-refractivity contribution in [1.82, 2.24) is 9.80 Å². The summed E-state index contributed by atoms with van der Waals surface area (Å²) in [6.45, 7) is 3.60. The Balaban J connectivity index is 1.69. The monoisotopic (exact) mass is 342 g/mol. The minimum atomic E-state index is -3.04. The molecule has 0 N–H and O–H groups in total. The molecule has 6 nitrogen and oxygen atoms in total. The van der Waals surface area contributed by atoms with Crippen molar-refractivity contribution in [3.8, 4) is 0 Å². The molecule has 0 spiro atoms. The number of sulfone groups is 1. The molecule has 130 valence electrons. The molecule has 2 heterocycles. The molecule has 7 heteroatoms. The third kappa shape index (κ3) is 3.12. The van der Waals surface area contributed by atoms with Crippen LogP contribution < -0.4 is 0 Å². The van der Waals surface area contributed by atoms with Gasteiger partial charge in [-0.3, -0.25) is 9.59 Å². The minimum absolute atomic E-state index is 0.0280. The number of nitrogens with zero attached hydrogens (tertiary/aromatic N) is 2. The molecule has 2 aliphatic heterocycles. The highest BCUT2D eigenvalue weighted by molar-refractivity contribution is 7.91. The summed E-state index contributed by atoms with van der Waals surface area (Å²) in [6.07, 6.45) is 3.80. The molecular formula is C16H26N2O4S. The maximum absolute atomic E-state index is 12.9. The Morgan fingerprint density at radius 3 is 2.43 bits per heavy atom. The van der Waals surface area contributed by atoms with Crippen LogP contribution in [-0.4, -0.2) is 67.7 Å². The second kappa shape index (κ2) is 5.76. The lowest BCUT2D eigenvalue weighted by atomic mass is 9.96. The van der Waals surface area contributed by atoms with Gasteiger partial charge in [-0.25, -0.2) is 8.42 Å². The van der Waals surface area contributed by atoms with Crippen LogP contribution in [0.5, 0.6) is 0 Å². The first-order valence-corrected chi connectivity index (χ1v) is 10.3. The Bertz CT molecular complexity index is 612. The Hall–Kier alpha value is -1.11. The number of hydrogen-bond donors (Lipinski definition) is 0. The normalized spacial score (nSPS) is 31.7. The Kier molecular flexibility index (Phi) is 4.19. The summed E-state index contributed by atoms with van der Waals surface area (Å²) in [7, 11) is -1.38. The van der Waals surface area contributed by atoms with Crippen LogP contribution in [0.1, 0.15) is 39.0 Å². The number of carbonyl (C=O) groups is 2. The van der Waals surface area contributed by atoms with Crippen LogP contribution in [-0.2, 0) is 19.4 Å². The van der Waals surface area contributed by atoms with E-state index in [0.717, 1.165) is 25.9 Å². The van der Waals surface area contributed by atoms with Crippen LogP contribution in [0.3, 0.4) is 0 Å². The van der Waals surface area contributed by atoms with Crippen molar-refractivity contribution in [1.29, 1.82) is 0 Å². The number of piperidine rings is 1. The molecule has 0 bridgehead atoms. The van der Waals surface area contributed by atoms with Gasteiger partial charge in [-0.15, -0.1) is 0 Å². The Morgan fingerprint density at radius 1 is 1.22 bits per heavy atom. The predicted molar refractivity (Wildman–Crippen MR) is 86.5 cm³/mol. The van der Waals surface area contributed by atoms with Crippen molar-refractivity contribution in [2.75, 3.05) is 31.6 Å². The number of rotatable bonds is 3. The fourth-order valence-corrected chi connectivity index (χ4v) is 5.68. The van der Waals surface area contributed by atoms with E-state index in [2.05, 4.69) is 6.92 Å². The highest BCUT2D eigenvalue weighted by Gasteiger charge is 2.60. The van der Waals surface area contributed by atoms with E-state index >= 15 is 0 Å². The molecule has 3 aliphatic rings. The molecular weight excluding hydrogens is 316 g/mol. The van der Waals surface area contributed by atoms with Crippen LogP contribution in [0.25, 0.3) is 0 Å². The maximum atomic E-state index is 12.9. The van der Waals surface area contributed by atoms with Crippen molar-refractivity contribution in [3.63, 3.8) is 0 Å². The maximum Gasteiger partial charge on any atom is 0.238 e. The molecule has 2 atom stereocenters. The molecule has 1 aliphatic carbocycles. The number of amides is 2. The van der Waals surface area contributed by atoms with E-state index in [1.807, 2.05) is 4.90 Å². The molecule has 0 aromatic carbocycles. The van der Waals surface area contributed by atoms with Gasteiger partial charge < -0.3 is 9.80 Å². The van der Waals surface area contributed by atoms with E-state index in [4.69, 9.17) is 0 Å². The molecule has 0 aromatic heterocycles. The van der Waals surface area contributed by atoms with E-state index in [1.165, 1.54) is 4.90 Å². The fraction of sp³-hybridized carbons (Fsp3) is 0.875. The molecule has 3 fully saturated rings. The van der Waals surface area contributed by atoms with Crippen LogP contribution in [0.2, 0.25) is 0 Å². The lowest BCUT2D eigenvalue weighted by Crippen LogP contribution is -2.50. The largest absolute Gasteiger partial charge is 0.342 e. The highest BCUT2D eigenvalue weighted by atomic mass is 32.2. The van der Waals surface area contributed by atoms with Gasteiger partial charge in [0.15, 0.2) is 9.84 Å². The van der Waals surface area contributed by atoms with Gasteiger partial charge in [-0.1, -0.05) is 6.92 Å². The van der Waals surface area contributed by atoms with Crippen molar-refractivity contribution < 1.29 is 18.0 Å². The first kappa shape index (κ1) is 16.7. The number of likely N-dealkylation sites (tertiary alicyclic amines) is 1. The van der Waals surface area contributed by atoms with Gasteiger partial charge in [0, 0.05) is 26.2 Å². The highest BCUT2D eigenvalue weighted by Crippen LogP contribution is 2.49. The molecule has 0 aromatic rings. The third-order valence-electron chi connectivity index (χ3n) is 5.59. The zero-order chi connectivity index (χ0) is 16.8. The molecule has 3 rings (SSSR count). The van der Waals surface area contributed by atoms with Crippen LogP contribution in [0.15, 0.2) is 0 Å². The van der Waals surface area contributed by atoms with Crippen LogP contribution in [0, 0.1) is 11.3 Å². The van der Waals surface area contributed by atoms with E-state index in [1.54, 1.807) is 7.05 Å². The molecule has 2 saturated heterocycles. The second-order valence-electron chi connectivity index (χ2n) is 7.55. The van der Waals surface area contributed by atoms with E-state index in [9.17, 15) is 18.0 Å². The van der Waals surface area contributed by atoms with Gasteiger partial charge in [-0.2, -0.15) is 0 Å². The number of carbonyl (C=O) groups excluding carboxylic acids is 2. The molecule has 2 unspecified atom stereocenters. The summed E-state index contributed by atoms with van der Waals surface area (Å²) in [5.74, 6) is 0.432. The van der Waals surface area contributed by atoms with Crippen molar-refractivity contribution in [2.24, 2.45) is 11.3 Å². The SMILES string of the molecule is CC1CCCN(C(=O)C2(C(=O)N(C)C3CCS(=O)(=O)C3)CC2)C1. The average molecular weight is 342 g/mol. The van der Waals surface area contributed by atoms with Crippen molar-refractivity contribution in [2.45, 2.75) is 45.1 Å². The van der Waals surface area contributed by atoms with Gasteiger partial charge in [0.1, 0.15) is 5.41 Å². The second-order valence-corrected chi connectivity index (χ2v) is 9.78. The summed E-state index contributed by atoms with van der Waals surface area (Å²) >= 11 is 0. The first-order chi connectivity index (χ1) is 10.8. The lowest BCUT2D eigenvalue weighted by molar-refractivity contribution is -0.150. The van der Waals surface area contributed by atoms with Crippen molar-refractivity contribution >= 4 is 21.7 Å². The van der Waals surface area contributed by atoms with Gasteiger partial charge in [-0.05, 0) is 38.0 Å². The fourth-order valence-electron chi connectivity index (χ4n) is 3.90. The molecule has 0 radical (unpaired) electrons. The first-order valence-electron chi connectivity index (χ1n) is 8.52. The standard InChI is InChI=1S/C16H26N2O4S/c1-12-4-3-8-18(10-12)15(20)16(6-7-16)14(19)17(2)13-5-9-23(21,22)11-13/h12-13H,3-11H2,1-2H3. The van der Waals surface area contributed by atoms with Gasteiger partial charge in [0.05, 0.1) is 11.5 Å². The smallest absolute Gasteiger partial charge is 0.238 e. The summed E-state index contributed by atoms with van der Waals surface area (Å²) in [6, 6.07) is -0.280. The van der Waals surface area contributed by atoms with E-state index < -0.39 is 15.3 Å². The third-order valence-corrected chi connectivity index (χ3v) is 7.34. The van der Waals surface area contributed by atoms with Gasteiger partial charge in [0.25, 0.3) is 0 Å². The van der Waals surface area contributed by atoms with E-state index in [0.29, 0.717) is 25.2 Å². The van der Waals surface area contributed by atoms with Crippen LogP contribution >= 0.6 is 0 Å². The Morgan fingerprint density at radius 2 is 1.91 bits per heavy atom. The van der Waals surface area contributed by atoms with E-state index in [-0.39, 0.29) is 29.4 Å². The van der Waals surface area contributed by atoms with Crippen molar-refractivity contribution in [3.05, 3.63) is 0 Å². The van der Waals surface area contributed by atoms with Crippen LogP contribution in [0.4, 0.5) is 0 Å². The summed E-state index contributed by atoms with van der Waals surface area (Å²) in [4.78, 5) is 29.1. The summed E-state index contributed by atoms with van der Waals surface area (Å²) < 4.78 is 23.3.